The smallest absolute Gasteiger partial charge is 0.146 e. The predicted molar refractivity (Wildman–Crippen MR) is 62.7 cm³/mol. The summed E-state index contributed by atoms with van der Waals surface area (Å²) in [5.74, 6) is 2.98. The molecule has 0 unspecified atom stereocenters. The molecule has 0 fully saturated rings. The first-order chi connectivity index (χ1) is 6.40. The van der Waals surface area contributed by atoms with Gasteiger partial charge in [-0.15, -0.1) is 5.54 Å². The van der Waals surface area contributed by atoms with Crippen LogP contribution in [0.4, 0.5) is 0 Å². The molecule has 0 bridgehead atoms. The summed E-state index contributed by atoms with van der Waals surface area (Å²) < 4.78 is 5.11. The number of methoxy groups -OCH3 is 1. The van der Waals surface area contributed by atoms with Crippen LogP contribution in [0.1, 0.15) is 6.92 Å². The zero-order chi connectivity index (χ0) is 11.2. The zero-order valence-corrected chi connectivity index (χ0v) is 10.7. The molecule has 0 heterocycles. The molecule has 0 aliphatic rings. The van der Waals surface area contributed by atoms with Gasteiger partial charge in [-0.1, -0.05) is 37.7 Å². The van der Waals surface area contributed by atoms with Gasteiger partial charge in [0.05, 0.1) is 0 Å². The quantitative estimate of drug-likeness (QED) is 0.439. The Bertz CT molecular complexity index is 242. The molecular weight excluding hydrogens is 192 g/mol. The summed E-state index contributed by atoms with van der Waals surface area (Å²) in [4.78, 5) is 0. The SMILES string of the molecule is C/C=C/[C@@H](O)[C@@H](C#C[Si](C)(C)C)OC. The number of aliphatic hydroxyl groups is 1. The van der Waals surface area contributed by atoms with E-state index in [4.69, 9.17) is 4.74 Å². The molecule has 0 saturated carbocycles. The Morgan fingerprint density at radius 1 is 1.36 bits per heavy atom. The van der Waals surface area contributed by atoms with Crippen LogP contribution in [0.25, 0.3) is 0 Å². The number of aliphatic hydroxyl groups excluding tert-OH is 1. The standard InChI is InChI=1S/C11H20O2Si/c1-6-7-10(12)11(13-2)8-9-14(3,4)5/h6-7,10-12H,1-5H3/b7-6+/t10-,11-/m1/s1. The highest BCUT2D eigenvalue weighted by molar-refractivity contribution is 6.83. The first-order valence-corrected chi connectivity index (χ1v) is 8.27. The van der Waals surface area contributed by atoms with E-state index in [1.54, 1.807) is 19.3 Å². The van der Waals surface area contributed by atoms with Crippen LogP contribution in [0.5, 0.6) is 0 Å². The van der Waals surface area contributed by atoms with Crippen molar-refractivity contribution in [3.63, 3.8) is 0 Å². The second kappa shape index (κ2) is 6.02. The first-order valence-electron chi connectivity index (χ1n) is 4.77. The summed E-state index contributed by atoms with van der Waals surface area (Å²) in [6, 6.07) is 0. The predicted octanol–water partition coefficient (Wildman–Crippen LogP) is 1.82. The molecule has 0 aliphatic carbocycles. The molecule has 0 aliphatic heterocycles. The third-order valence-corrected chi connectivity index (χ3v) is 2.44. The Labute approximate surface area is 88.0 Å². The van der Waals surface area contributed by atoms with Crippen LogP contribution in [0.15, 0.2) is 12.2 Å². The molecule has 0 aromatic heterocycles. The van der Waals surface area contributed by atoms with Crippen molar-refractivity contribution in [3.05, 3.63) is 12.2 Å². The van der Waals surface area contributed by atoms with Crippen LogP contribution >= 0.6 is 0 Å². The molecule has 80 valence electrons. The summed E-state index contributed by atoms with van der Waals surface area (Å²) in [5.41, 5.74) is 3.18. The third kappa shape index (κ3) is 5.98. The maximum absolute atomic E-state index is 9.61. The number of hydrogen-bond acceptors (Lipinski definition) is 2. The topological polar surface area (TPSA) is 29.5 Å². The number of ether oxygens (including phenoxy) is 1. The van der Waals surface area contributed by atoms with E-state index in [-0.39, 0.29) is 0 Å². The van der Waals surface area contributed by atoms with Gasteiger partial charge in [-0.25, -0.2) is 0 Å². The van der Waals surface area contributed by atoms with Crippen molar-refractivity contribution in [2.45, 2.75) is 38.8 Å². The molecule has 0 spiro atoms. The van der Waals surface area contributed by atoms with Gasteiger partial charge < -0.3 is 9.84 Å². The van der Waals surface area contributed by atoms with Crippen molar-refractivity contribution >= 4 is 8.07 Å². The fraction of sp³-hybridized carbons (Fsp3) is 0.636. The highest BCUT2D eigenvalue weighted by atomic mass is 28.3. The molecule has 0 aromatic rings. The van der Waals surface area contributed by atoms with Crippen molar-refractivity contribution in [1.82, 2.24) is 0 Å². The summed E-state index contributed by atoms with van der Waals surface area (Å²) in [6.07, 6.45) is 2.45. The van der Waals surface area contributed by atoms with Crippen molar-refractivity contribution in [3.8, 4) is 11.5 Å². The lowest BCUT2D eigenvalue weighted by molar-refractivity contribution is 0.0489. The molecule has 0 rings (SSSR count). The monoisotopic (exact) mass is 212 g/mol. The van der Waals surface area contributed by atoms with Gasteiger partial charge in [-0.05, 0) is 6.92 Å². The van der Waals surface area contributed by atoms with E-state index in [0.717, 1.165) is 0 Å². The van der Waals surface area contributed by atoms with Gasteiger partial charge in [0.15, 0.2) is 0 Å². The minimum absolute atomic E-state index is 0.405. The number of allylic oxidation sites excluding steroid dienone is 1. The van der Waals surface area contributed by atoms with E-state index in [2.05, 4.69) is 31.1 Å². The minimum Gasteiger partial charge on any atom is -0.385 e. The van der Waals surface area contributed by atoms with Crippen molar-refractivity contribution in [1.29, 1.82) is 0 Å². The van der Waals surface area contributed by atoms with Gasteiger partial charge in [-0.2, -0.15) is 0 Å². The summed E-state index contributed by atoms with van der Waals surface area (Å²) in [6.45, 7) is 8.35. The van der Waals surface area contributed by atoms with Crippen molar-refractivity contribution in [2.75, 3.05) is 7.11 Å². The molecule has 3 heteroatoms. The Morgan fingerprint density at radius 3 is 2.29 bits per heavy atom. The Kier molecular flexibility index (Phi) is 5.78. The van der Waals surface area contributed by atoms with Crippen LogP contribution in [0.2, 0.25) is 19.6 Å². The van der Waals surface area contributed by atoms with Crippen LogP contribution in [0, 0.1) is 11.5 Å². The van der Waals surface area contributed by atoms with Crippen LogP contribution in [-0.4, -0.2) is 32.5 Å². The normalized spacial score (nSPS) is 16.1. The maximum atomic E-state index is 9.61. The molecule has 14 heavy (non-hydrogen) atoms. The fourth-order valence-corrected chi connectivity index (χ4v) is 1.44. The lowest BCUT2D eigenvalue weighted by atomic mass is 10.2. The summed E-state index contributed by atoms with van der Waals surface area (Å²) in [5, 5.41) is 9.61. The first kappa shape index (κ1) is 13.4. The number of hydrogen-bond donors (Lipinski definition) is 1. The highest BCUT2D eigenvalue weighted by Gasteiger charge is 2.14. The Balaban J connectivity index is 4.48. The van der Waals surface area contributed by atoms with Crippen molar-refractivity contribution < 1.29 is 9.84 Å². The van der Waals surface area contributed by atoms with Gasteiger partial charge in [0.1, 0.15) is 20.3 Å². The molecule has 0 aromatic carbocycles. The lowest BCUT2D eigenvalue weighted by Gasteiger charge is -2.13. The summed E-state index contributed by atoms with van der Waals surface area (Å²) in [7, 11) is 0.184. The van der Waals surface area contributed by atoms with Gasteiger partial charge in [0, 0.05) is 7.11 Å². The molecule has 0 saturated heterocycles. The molecule has 2 nitrogen and oxygen atoms in total. The number of rotatable bonds is 3. The molecule has 2 atom stereocenters. The van der Waals surface area contributed by atoms with Crippen molar-refractivity contribution in [2.24, 2.45) is 0 Å². The van der Waals surface area contributed by atoms with E-state index in [1.807, 2.05) is 6.92 Å². The average Bonchev–Trinajstić information content (AvgIpc) is 2.03. The van der Waals surface area contributed by atoms with Crippen LogP contribution < -0.4 is 0 Å². The second-order valence-corrected chi connectivity index (χ2v) is 8.94. The van der Waals surface area contributed by atoms with E-state index in [9.17, 15) is 5.11 Å². The van der Waals surface area contributed by atoms with Crippen LogP contribution in [0.3, 0.4) is 0 Å². The summed E-state index contributed by atoms with van der Waals surface area (Å²) >= 11 is 0. The van der Waals surface area contributed by atoms with Gasteiger partial charge in [0.25, 0.3) is 0 Å². The fourth-order valence-electron chi connectivity index (χ4n) is 0.869. The highest BCUT2D eigenvalue weighted by Crippen LogP contribution is 2.02. The minimum atomic E-state index is -1.38. The van der Waals surface area contributed by atoms with E-state index >= 15 is 0 Å². The molecular formula is C11H20O2Si. The van der Waals surface area contributed by atoms with Gasteiger partial charge >= 0.3 is 0 Å². The van der Waals surface area contributed by atoms with E-state index < -0.39 is 20.3 Å². The molecule has 0 radical (unpaired) electrons. The lowest BCUT2D eigenvalue weighted by Crippen LogP contribution is -2.26. The Morgan fingerprint density at radius 2 is 1.93 bits per heavy atom. The van der Waals surface area contributed by atoms with Gasteiger partial charge in [-0.3, -0.25) is 0 Å². The van der Waals surface area contributed by atoms with E-state index in [1.165, 1.54) is 0 Å². The third-order valence-electron chi connectivity index (χ3n) is 1.54. The molecule has 0 amide bonds. The Hall–Kier alpha value is -0.563. The largest absolute Gasteiger partial charge is 0.385 e. The van der Waals surface area contributed by atoms with Gasteiger partial charge in [0.2, 0.25) is 0 Å². The second-order valence-electron chi connectivity index (χ2n) is 4.19. The van der Waals surface area contributed by atoms with E-state index in [0.29, 0.717) is 0 Å². The average molecular weight is 212 g/mol. The zero-order valence-electron chi connectivity index (χ0n) is 9.66. The van der Waals surface area contributed by atoms with Crippen LogP contribution in [-0.2, 0) is 4.74 Å². The maximum Gasteiger partial charge on any atom is 0.146 e. The molecule has 1 N–H and O–H groups in total.